The fraction of sp³-hybridized carbons (Fsp3) is 0.435. The number of benzene rings is 1. The zero-order valence-corrected chi connectivity index (χ0v) is 18.5. The molecule has 1 N–H and O–H groups in total. The summed E-state index contributed by atoms with van der Waals surface area (Å²) in [6, 6.07) is 13.2. The van der Waals surface area contributed by atoms with E-state index in [1.807, 2.05) is 18.5 Å². The van der Waals surface area contributed by atoms with Crippen LogP contribution in [0.1, 0.15) is 47.8 Å². The molecular formula is C23H28N6S. The Morgan fingerprint density at radius 3 is 2.73 bits per heavy atom. The van der Waals surface area contributed by atoms with Crippen LogP contribution in [-0.4, -0.2) is 27.3 Å². The van der Waals surface area contributed by atoms with Crippen molar-refractivity contribution >= 4 is 23.0 Å². The van der Waals surface area contributed by atoms with Crippen LogP contribution in [0.3, 0.4) is 0 Å². The molecule has 0 saturated heterocycles. The lowest BCUT2D eigenvalue weighted by atomic mass is 9.81. The average molecular weight is 421 g/mol. The molecule has 1 aliphatic carbocycles. The van der Waals surface area contributed by atoms with Crippen LogP contribution in [0.15, 0.2) is 46.8 Å². The van der Waals surface area contributed by atoms with Gasteiger partial charge in [-0.1, -0.05) is 37.1 Å². The van der Waals surface area contributed by atoms with E-state index in [-0.39, 0.29) is 5.41 Å². The number of hydrogen-bond acceptors (Lipinski definition) is 4. The maximum atomic E-state index is 5.02. The number of aryl methyl sites for hydroxylation is 1. The molecule has 1 aliphatic heterocycles. The summed E-state index contributed by atoms with van der Waals surface area (Å²) in [4.78, 5) is 8.72. The number of rotatable bonds is 4. The number of guanidine groups is 1. The molecule has 3 heterocycles. The highest BCUT2D eigenvalue weighted by Gasteiger charge is 2.45. The highest BCUT2D eigenvalue weighted by atomic mass is 32.1. The Labute approximate surface area is 181 Å². The first-order valence-electron chi connectivity index (χ1n) is 10.7. The van der Waals surface area contributed by atoms with Gasteiger partial charge in [0.15, 0.2) is 11.8 Å². The van der Waals surface area contributed by atoms with Crippen LogP contribution in [0.2, 0.25) is 0 Å². The molecule has 0 unspecified atom stereocenters. The van der Waals surface area contributed by atoms with Gasteiger partial charge < -0.3 is 14.8 Å². The molecule has 7 heteroatoms. The first kappa shape index (κ1) is 19.3. The van der Waals surface area contributed by atoms with Crippen molar-refractivity contribution < 1.29 is 0 Å². The van der Waals surface area contributed by atoms with Crippen molar-refractivity contribution in [3.8, 4) is 0 Å². The number of thiophene rings is 1. The molecule has 2 aliphatic rings. The van der Waals surface area contributed by atoms with Gasteiger partial charge in [-0.05, 0) is 42.8 Å². The Kier molecular flexibility index (Phi) is 5.06. The normalized spacial score (nSPS) is 17.7. The summed E-state index contributed by atoms with van der Waals surface area (Å²) >= 11 is 1.77. The van der Waals surface area contributed by atoms with Gasteiger partial charge >= 0.3 is 0 Å². The molecule has 30 heavy (non-hydrogen) atoms. The van der Waals surface area contributed by atoms with Crippen molar-refractivity contribution in [2.75, 3.05) is 11.4 Å². The smallest absolute Gasteiger partial charge is 0.199 e. The van der Waals surface area contributed by atoms with Crippen LogP contribution in [0.25, 0.3) is 0 Å². The number of para-hydroxylation sites is 1. The zero-order valence-electron chi connectivity index (χ0n) is 17.6. The fourth-order valence-electron chi connectivity index (χ4n) is 4.85. The quantitative estimate of drug-likeness (QED) is 0.509. The summed E-state index contributed by atoms with van der Waals surface area (Å²) < 4.78 is 2.01. The van der Waals surface area contributed by atoms with Gasteiger partial charge in [0.25, 0.3) is 0 Å². The number of aromatic nitrogens is 3. The molecule has 1 aromatic carbocycles. The number of nitrogens with one attached hydrogen (secondary N) is 1. The second-order valence-corrected chi connectivity index (χ2v) is 9.42. The van der Waals surface area contributed by atoms with Crippen molar-refractivity contribution in [2.24, 2.45) is 12.0 Å². The lowest BCUT2D eigenvalue weighted by Gasteiger charge is -2.27. The van der Waals surface area contributed by atoms with Crippen LogP contribution in [0.5, 0.6) is 0 Å². The van der Waals surface area contributed by atoms with Gasteiger partial charge in [0.2, 0.25) is 0 Å². The summed E-state index contributed by atoms with van der Waals surface area (Å²) in [5, 5.41) is 14.2. The largest absolute Gasteiger partial charge is 0.351 e. The summed E-state index contributed by atoms with van der Waals surface area (Å²) in [6.07, 6.45) is 5.16. The summed E-state index contributed by atoms with van der Waals surface area (Å²) in [7, 11) is 2.00. The Morgan fingerprint density at radius 2 is 2.00 bits per heavy atom. The monoisotopic (exact) mass is 420 g/mol. The van der Waals surface area contributed by atoms with Crippen LogP contribution in [0, 0.1) is 6.92 Å². The summed E-state index contributed by atoms with van der Waals surface area (Å²) in [6.45, 7) is 4.26. The summed E-state index contributed by atoms with van der Waals surface area (Å²) in [5.41, 5.74) is 3.05. The van der Waals surface area contributed by atoms with E-state index in [1.165, 1.54) is 41.8 Å². The first-order valence-corrected chi connectivity index (χ1v) is 11.6. The Hall–Kier alpha value is -2.67. The molecule has 0 radical (unpaired) electrons. The van der Waals surface area contributed by atoms with E-state index in [2.05, 4.69) is 62.2 Å². The van der Waals surface area contributed by atoms with Crippen LogP contribution >= 0.6 is 11.3 Å². The van der Waals surface area contributed by atoms with E-state index >= 15 is 0 Å². The van der Waals surface area contributed by atoms with E-state index < -0.39 is 0 Å². The predicted octanol–water partition coefficient (Wildman–Crippen LogP) is 4.16. The van der Waals surface area contributed by atoms with E-state index in [0.29, 0.717) is 6.54 Å². The van der Waals surface area contributed by atoms with Crippen molar-refractivity contribution in [2.45, 2.75) is 51.1 Å². The third kappa shape index (κ3) is 3.41. The van der Waals surface area contributed by atoms with E-state index in [0.717, 1.165) is 30.7 Å². The van der Waals surface area contributed by atoms with Crippen LogP contribution in [-0.2, 0) is 25.6 Å². The van der Waals surface area contributed by atoms with Gasteiger partial charge in [-0.3, -0.25) is 0 Å². The maximum absolute atomic E-state index is 5.02. The molecule has 0 bridgehead atoms. The Balaban J connectivity index is 1.48. The minimum atomic E-state index is 0.267. The van der Waals surface area contributed by atoms with Gasteiger partial charge in [0.05, 0.1) is 6.54 Å². The molecule has 1 spiro atoms. The second-order valence-electron chi connectivity index (χ2n) is 8.39. The van der Waals surface area contributed by atoms with Crippen LogP contribution < -0.4 is 10.2 Å². The molecule has 0 amide bonds. The zero-order chi connectivity index (χ0) is 20.6. The topological polar surface area (TPSA) is 58.3 Å². The van der Waals surface area contributed by atoms with Crippen molar-refractivity contribution in [3.63, 3.8) is 0 Å². The van der Waals surface area contributed by atoms with Crippen molar-refractivity contribution in [1.82, 2.24) is 20.1 Å². The van der Waals surface area contributed by atoms with Crippen molar-refractivity contribution in [3.05, 3.63) is 63.9 Å². The molecular weight excluding hydrogens is 392 g/mol. The van der Waals surface area contributed by atoms with Crippen molar-refractivity contribution in [1.29, 1.82) is 0 Å². The molecule has 6 nitrogen and oxygen atoms in total. The molecule has 2 aromatic heterocycles. The lowest BCUT2D eigenvalue weighted by molar-refractivity contribution is 0.478. The number of aliphatic imine (C=N–C) groups is 1. The van der Waals surface area contributed by atoms with Gasteiger partial charge in [-0.15, -0.1) is 21.5 Å². The molecule has 1 saturated carbocycles. The molecule has 0 atom stereocenters. The highest BCUT2D eigenvalue weighted by Crippen LogP contribution is 2.50. The third-order valence-electron chi connectivity index (χ3n) is 6.60. The van der Waals surface area contributed by atoms with E-state index in [1.54, 1.807) is 11.3 Å². The lowest BCUT2D eigenvalue weighted by Crippen LogP contribution is -2.43. The first-order chi connectivity index (χ1) is 14.7. The Morgan fingerprint density at radius 1 is 1.17 bits per heavy atom. The fourth-order valence-corrected chi connectivity index (χ4v) is 5.49. The van der Waals surface area contributed by atoms with Gasteiger partial charge in [0, 0.05) is 29.6 Å². The molecule has 3 aromatic rings. The molecule has 1 fully saturated rings. The van der Waals surface area contributed by atoms with Crippen LogP contribution in [0.4, 0.5) is 5.69 Å². The minimum Gasteiger partial charge on any atom is -0.351 e. The number of anilines is 1. The van der Waals surface area contributed by atoms with E-state index in [4.69, 9.17) is 4.99 Å². The number of fused-ring (bicyclic) bond motifs is 2. The third-order valence-corrected chi connectivity index (χ3v) is 7.47. The molecule has 156 valence electrons. The Bertz CT molecular complexity index is 1050. The molecule has 5 rings (SSSR count). The van der Waals surface area contributed by atoms with E-state index in [9.17, 15) is 0 Å². The van der Waals surface area contributed by atoms with Gasteiger partial charge in [-0.2, -0.15) is 0 Å². The SMILES string of the molecule is Cc1nnc(CN=C(NCc2cccs2)N2CC3(CCCC3)c3ccccc32)n1C. The number of nitrogens with zero attached hydrogens (tertiary/aromatic N) is 5. The second kappa shape index (κ2) is 7.87. The van der Waals surface area contributed by atoms with Gasteiger partial charge in [0.1, 0.15) is 12.4 Å². The van der Waals surface area contributed by atoms with Gasteiger partial charge in [-0.25, -0.2) is 4.99 Å². The average Bonchev–Trinajstić information content (AvgIpc) is 3.55. The standard InChI is InChI=1S/C23H28N6S/c1-17-26-27-21(28(17)2)15-25-22(24-14-18-8-7-13-30-18)29-16-23(11-5-6-12-23)19-9-3-4-10-20(19)29/h3-4,7-10,13H,5-6,11-12,14-16H2,1-2H3,(H,24,25). The number of hydrogen-bond donors (Lipinski definition) is 1. The minimum absolute atomic E-state index is 0.267. The predicted molar refractivity (Wildman–Crippen MR) is 122 cm³/mol. The summed E-state index contributed by atoms with van der Waals surface area (Å²) in [5.74, 6) is 2.72. The maximum Gasteiger partial charge on any atom is 0.199 e. The highest BCUT2D eigenvalue weighted by molar-refractivity contribution is 7.09.